The largest absolute Gasteiger partial charge is 0.504 e. The fourth-order valence-corrected chi connectivity index (χ4v) is 1.74. The number of phenolic OH excluding ortho intramolecular Hbond substituents is 1. The summed E-state index contributed by atoms with van der Waals surface area (Å²) < 4.78 is 6.10. The van der Waals surface area contributed by atoms with Crippen LogP contribution < -0.4 is 16.0 Å². The number of phenols is 1. The Morgan fingerprint density at radius 2 is 2.10 bits per heavy atom. The second-order valence-electron chi connectivity index (χ2n) is 4.28. The number of aromatic hydroxyl groups is 1. The van der Waals surface area contributed by atoms with E-state index >= 15 is 0 Å². The molecule has 0 amide bonds. The molecule has 0 radical (unpaired) electrons. The van der Waals surface area contributed by atoms with E-state index in [4.69, 9.17) is 10.5 Å². The second kappa shape index (κ2) is 5.48. The van der Waals surface area contributed by atoms with Crippen molar-refractivity contribution >= 4 is 12.0 Å². The van der Waals surface area contributed by atoms with E-state index in [0.717, 1.165) is 10.2 Å². The summed E-state index contributed by atoms with van der Waals surface area (Å²) in [4.78, 5) is 11.8. The quantitative estimate of drug-likeness (QED) is 0.826. The first-order valence-electron chi connectivity index (χ1n) is 5.92. The molecule has 1 aromatic carbocycles. The third-order valence-electron chi connectivity index (χ3n) is 2.71. The zero-order valence-corrected chi connectivity index (χ0v) is 11.2. The van der Waals surface area contributed by atoms with Crippen LogP contribution in [-0.2, 0) is 0 Å². The molecule has 1 aromatic heterocycles. The van der Waals surface area contributed by atoms with Crippen molar-refractivity contribution < 1.29 is 9.84 Å². The molecule has 6 nitrogen and oxygen atoms in total. The molecule has 0 atom stereocenters. The van der Waals surface area contributed by atoms with Crippen molar-refractivity contribution in [2.24, 2.45) is 5.10 Å². The number of nitrogen functional groups attached to an aromatic ring is 1. The van der Waals surface area contributed by atoms with Crippen molar-refractivity contribution in [2.75, 3.05) is 12.8 Å². The Bertz CT molecular complexity index is 720. The summed E-state index contributed by atoms with van der Waals surface area (Å²) in [6.45, 7) is 1.79. The summed E-state index contributed by atoms with van der Waals surface area (Å²) in [5, 5.41) is 13.5. The number of methoxy groups -OCH3 is 1. The van der Waals surface area contributed by atoms with Gasteiger partial charge in [-0.05, 0) is 42.3 Å². The molecule has 3 N–H and O–H groups in total. The normalized spacial score (nSPS) is 10.9. The van der Waals surface area contributed by atoms with Gasteiger partial charge in [-0.1, -0.05) is 0 Å². The number of nitrogens with zero attached hydrogens (tertiary/aromatic N) is 2. The lowest BCUT2D eigenvalue weighted by Gasteiger charge is -2.05. The van der Waals surface area contributed by atoms with Gasteiger partial charge in [-0.3, -0.25) is 4.79 Å². The second-order valence-corrected chi connectivity index (χ2v) is 4.28. The Morgan fingerprint density at radius 1 is 1.35 bits per heavy atom. The molecule has 0 bridgehead atoms. The fraction of sp³-hybridized carbons (Fsp3) is 0.143. The van der Waals surface area contributed by atoms with Crippen LogP contribution in [0.5, 0.6) is 11.5 Å². The lowest BCUT2D eigenvalue weighted by Crippen LogP contribution is -2.19. The Hall–Kier alpha value is -2.76. The van der Waals surface area contributed by atoms with E-state index in [2.05, 4.69) is 5.10 Å². The minimum atomic E-state index is -0.301. The Balaban J connectivity index is 2.37. The molecule has 2 rings (SSSR count). The van der Waals surface area contributed by atoms with Crippen molar-refractivity contribution in [1.82, 2.24) is 4.68 Å². The number of hydrogen-bond donors (Lipinski definition) is 2. The molecular formula is C14H15N3O3. The van der Waals surface area contributed by atoms with Crippen LogP contribution in [0.2, 0.25) is 0 Å². The van der Waals surface area contributed by atoms with Crippen LogP contribution in [0, 0.1) is 6.92 Å². The first kappa shape index (κ1) is 13.7. The van der Waals surface area contributed by atoms with Crippen molar-refractivity contribution in [2.45, 2.75) is 6.92 Å². The van der Waals surface area contributed by atoms with Gasteiger partial charge in [0.05, 0.1) is 13.3 Å². The summed E-state index contributed by atoms with van der Waals surface area (Å²) in [7, 11) is 1.46. The minimum Gasteiger partial charge on any atom is -0.504 e. The average Bonchev–Trinajstić information content (AvgIpc) is 2.39. The van der Waals surface area contributed by atoms with Crippen LogP contribution in [0.4, 0.5) is 5.82 Å². The fourth-order valence-electron chi connectivity index (χ4n) is 1.74. The molecule has 6 heteroatoms. The van der Waals surface area contributed by atoms with Crippen molar-refractivity contribution in [1.29, 1.82) is 0 Å². The van der Waals surface area contributed by atoms with E-state index in [-0.39, 0.29) is 17.1 Å². The van der Waals surface area contributed by atoms with E-state index in [0.29, 0.717) is 11.3 Å². The number of pyridine rings is 1. The Morgan fingerprint density at radius 3 is 2.75 bits per heavy atom. The van der Waals surface area contributed by atoms with Gasteiger partial charge in [0.2, 0.25) is 0 Å². The maximum Gasteiger partial charge on any atom is 0.273 e. The van der Waals surface area contributed by atoms with E-state index in [1.54, 1.807) is 25.1 Å². The molecule has 0 saturated heterocycles. The highest BCUT2D eigenvalue weighted by Crippen LogP contribution is 2.25. The number of aromatic nitrogens is 1. The molecule has 2 aromatic rings. The molecule has 1 heterocycles. The zero-order chi connectivity index (χ0) is 14.7. The third kappa shape index (κ3) is 2.80. The van der Waals surface area contributed by atoms with Crippen LogP contribution in [0.25, 0.3) is 0 Å². The molecule has 0 saturated carbocycles. The van der Waals surface area contributed by atoms with Crippen LogP contribution in [0.1, 0.15) is 11.1 Å². The van der Waals surface area contributed by atoms with Gasteiger partial charge in [0.15, 0.2) is 11.5 Å². The number of nitrogens with two attached hydrogens (primary N) is 1. The first-order valence-corrected chi connectivity index (χ1v) is 5.92. The van der Waals surface area contributed by atoms with Crippen molar-refractivity contribution in [3.8, 4) is 11.5 Å². The van der Waals surface area contributed by atoms with E-state index < -0.39 is 0 Å². The van der Waals surface area contributed by atoms with Gasteiger partial charge in [0.1, 0.15) is 5.82 Å². The minimum absolute atomic E-state index is 0.0386. The number of anilines is 1. The predicted octanol–water partition coefficient (Wildman–Crippen LogP) is 1.34. The number of hydrogen-bond acceptors (Lipinski definition) is 5. The number of benzene rings is 1. The molecule has 0 aliphatic heterocycles. The number of ether oxygens (including phenoxy) is 1. The van der Waals surface area contributed by atoms with Crippen LogP contribution in [0.15, 0.2) is 40.2 Å². The third-order valence-corrected chi connectivity index (χ3v) is 2.71. The van der Waals surface area contributed by atoms with Gasteiger partial charge >= 0.3 is 0 Å². The van der Waals surface area contributed by atoms with E-state index in [1.807, 2.05) is 0 Å². The maximum absolute atomic E-state index is 11.8. The summed E-state index contributed by atoms with van der Waals surface area (Å²) >= 11 is 0. The van der Waals surface area contributed by atoms with Crippen LogP contribution >= 0.6 is 0 Å². The van der Waals surface area contributed by atoms with E-state index in [9.17, 15) is 9.90 Å². The predicted molar refractivity (Wildman–Crippen MR) is 77.5 cm³/mol. The van der Waals surface area contributed by atoms with Gasteiger partial charge in [0.25, 0.3) is 5.56 Å². The molecule has 0 spiro atoms. The molecule has 0 fully saturated rings. The number of aryl methyl sites for hydroxylation is 1. The molecular weight excluding hydrogens is 258 g/mol. The highest BCUT2D eigenvalue weighted by molar-refractivity contribution is 5.80. The monoisotopic (exact) mass is 273 g/mol. The van der Waals surface area contributed by atoms with Gasteiger partial charge < -0.3 is 15.6 Å². The molecule has 0 aliphatic rings. The standard InChI is InChI=1S/C14H15N3O3/c1-9-5-13(15)17(14(19)6-9)16-8-10-3-4-11(18)12(7-10)20-2/h3-8,18H,15H2,1-2H3/b16-8+. The topological polar surface area (TPSA) is 89.8 Å². The SMILES string of the molecule is COc1cc(/C=N/n2c(N)cc(C)cc2=O)ccc1O. The average molecular weight is 273 g/mol. The molecule has 20 heavy (non-hydrogen) atoms. The van der Waals surface area contributed by atoms with Crippen molar-refractivity contribution in [3.05, 3.63) is 51.8 Å². The molecule has 0 unspecified atom stereocenters. The Labute approximate surface area is 115 Å². The zero-order valence-electron chi connectivity index (χ0n) is 11.2. The van der Waals surface area contributed by atoms with Gasteiger partial charge in [-0.15, -0.1) is 0 Å². The van der Waals surface area contributed by atoms with Gasteiger partial charge in [0, 0.05) is 6.07 Å². The van der Waals surface area contributed by atoms with E-state index in [1.165, 1.54) is 25.5 Å². The number of rotatable bonds is 3. The Kier molecular flexibility index (Phi) is 3.74. The summed E-state index contributed by atoms with van der Waals surface area (Å²) in [6, 6.07) is 7.85. The first-order chi connectivity index (χ1) is 9.51. The van der Waals surface area contributed by atoms with Crippen LogP contribution in [-0.4, -0.2) is 23.1 Å². The summed E-state index contributed by atoms with van der Waals surface area (Å²) in [5.41, 5.74) is 6.91. The van der Waals surface area contributed by atoms with Gasteiger partial charge in [-0.25, -0.2) is 0 Å². The lowest BCUT2D eigenvalue weighted by molar-refractivity contribution is 0.373. The highest BCUT2D eigenvalue weighted by Gasteiger charge is 2.02. The van der Waals surface area contributed by atoms with Crippen molar-refractivity contribution in [3.63, 3.8) is 0 Å². The van der Waals surface area contributed by atoms with Gasteiger partial charge in [-0.2, -0.15) is 9.78 Å². The molecule has 0 aliphatic carbocycles. The van der Waals surface area contributed by atoms with Crippen LogP contribution in [0.3, 0.4) is 0 Å². The highest BCUT2D eigenvalue weighted by atomic mass is 16.5. The smallest absolute Gasteiger partial charge is 0.273 e. The maximum atomic E-state index is 11.8. The summed E-state index contributed by atoms with van der Waals surface area (Å²) in [6.07, 6.45) is 1.47. The summed E-state index contributed by atoms with van der Waals surface area (Å²) in [5.74, 6) is 0.631. The lowest BCUT2D eigenvalue weighted by atomic mass is 10.2. The molecule has 104 valence electrons.